The summed E-state index contributed by atoms with van der Waals surface area (Å²) in [7, 11) is -7.32. The fourth-order valence-electron chi connectivity index (χ4n) is 4.23. The number of rotatable bonds is 22. The predicted octanol–water partition coefficient (Wildman–Crippen LogP) is 0.0193. The first-order valence-corrected chi connectivity index (χ1v) is 17.9. The summed E-state index contributed by atoms with van der Waals surface area (Å²) in [4.78, 5) is 40.6. The van der Waals surface area contributed by atoms with Gasteiger partial charge in [-0.1, -0.05) is 0 Å². The first-order chi connectivity index (χ1) is 20.9. The molecule has 0 spiro atoms. The van der Waals surface area contributed by atoms with Crippen LogP contribution in [0.5, 0.6) is 0 Å². The van der Waals surface area contributed by atoms with Crippen molar-refractivity contribution in [3.63, 3.8) is 0 Å². The number of hydrogen-bond acceptors (Lipinski definition) is 14. The van der Waals surface area contributed by atoms with E-state index in [4.69, 9.17) is 49.8 Å². The lowest BCUT2D eigenvalue weighted by atomic mass is 10.1. The molecule has 3 rings (SSSR count). The fraction of sp³-hybridized carbons (Fsp3) is 0.783. The lowest BCUT2D eigenvalue weighted by Gasteiger charge is -2.18. The summed E-state index contributed by atoms with van der Waals surface area (Å²) in [5, 5.41) is 24.1. The van der Waals surface area contributed by atoms with Gasteiger partial charge in [-0.2, -0.15) is 9.97 Å². The number of aromatic nitrogens is 4. The van der Waals surface area contributed by atoms with Crippen LogP contribution >= 0.6 is 26.6 Å². The summed E-state index contributed by atoms with van der Waals surface area (Å²) in [6, 6.07) is 0. The molecule has 2 aromatic rings. The highest BCUT2D eigenvalue weighted by Gasteiger charge is 2.45. The second-order valence-electron chi connectivity index (χ2n) is 9.75. The van der Waals surface area contributed by atoms with Gasteiger partial charge in [-0.3, -0.25) is 13.7 Å². The number of nitrogens with zero attached hydrogens (tertiary/aromatic N) is 4. The highest BCUT2D eigenvalue weighted by atomic mass is 35.5. The maximum absolute atomic E-state index is 12.2. The van der Waals surface area contributed by atoms with E-state index in [1.165, 1.54) is 10.9 Å². The highest BCUT2D eigenvalue weighted by molar-refractivity contribution is 7.72. The van der Waals surface area contributed by atoms with Crippen molar-refractivity contribution < 1.29 is 62.4 Å². The minimum atomic E-state index is -4.72. The molecule has 0 bridgehead atoms. The molecule has 0 amide bonds. The SMILES string of the molecule is COCCOCCOCCOCCOCCNc1nc(Cl)nc2c1ncn2C1OC(CCP(=O)(O)CP(=O)(O)O)C(O)C1O. The van der Waals surface area contributed by atoms with E-state index < -0.39 is 51.6 Å². The van der Waals surface area contributed by atoms with Crippen LogP contribution < -0.4 is 5.32 Å². The summed E-state index contributed by atoms with van der Waals surface area (Å²) < 4.78 is 57.0. The van der Waals surface area contributed by atoms with Gasteiger partial charge in [0.05, 0.1) is 71.9 Å². The van der Waals surface area contributed by atoms with Crippen molar-refractivity contribution in [2.24, 2.45) is 0 Å². The van der Waals surface area contributed by atoms with Gasteiger partial charge in [0.1, 0.15) is 18.1 Å². The molecule has 1 saturated heterocycles. The van der Waals surface area contributed by atoms with Crippen molar-refractivity contribution in [2.45, 2.75) is 31.0 Å². The molecule has 44 heavy (non-hydrogen) atoms. The van der Waals surface area contributed by atoms with Crippen LogP contribution in [0.15, 0.2) is 6.33 Å². The third-order valence-electron chi connectivity index (χ3n) is 6.26. The number of hydrogen-bond donors (Lipinski definition) is 6. The summed E-state index contributed by atoms with van der Waals surface area (Å²) in [6.07, 6.45) is -4.64. The van der Waals surface area contributed by atoms with Gasteiger partial charge in [0.2, 0.25) is 12.7 Å². The van der Waals surface area contributed by atoms with E-state index >= 15 is 0 Å². The fourth-order valence-corrected chi connectivity index (χ4v) is 7.92. The van der Waals surface area contributed by atoms with Gasteiger partial charge in [0.15, 0.2) is 23.2 Å². The Morgan fingerprint density at radius 2 is 1.52 bits per heavy atom. The molecule has 0 aromatic carbocycles. The molecule has 0 radical (unpaired) electrons. The molecule has 18 nitrogen and oxygen atoms in total. The van der Waals surface area contributed by atoms with Gasteiger partial charge in [0.25, 0.3) is 0 Å². The molecular weight excluding hydrogens is 652 g/mol. The van der Waals surface area contributed by atoms with Crippen LogP contribution in [-0.2, 0) is 37.6 Å². The monoisotopic (exact) mass is 691 g/mol. The van der Waals surface area contributed by atoms with Gasteiger partial charge >= 0.3 is 7.60 Å². The van der Waals surface area contributed by atoms with Gasteiger partial charge in [-0.15, -0.1) is 0 Å². The molecule has 0 saturated carbocycles. The Labute approximate surface area is 258 Å². The number of methoxy groups -OCH3 is 1. The average molecular weight is 692 g/mol. The van der Waals surface area contributed by atoms with Gasteiger partial charge in [0, 0.05) is 19.8 Å². The summed E-state index contributed by atoms with van der Waals surface area (Å²) in [5.41, 5.74) is 0.494. The molecule has 0 aliphatic carbocycles. The topological polar surface area (TPSA) is 246 Å². The molecule has 2 aromatic heterocycles. The molecule has 1 aliphatic rings. The number of imidazole rings is 1. The molecule has 3 heterocycles. The third kappa shape index (κ3) is 12.1. The lowest BCUT2D eigenvalue weighted by Crippen LogP contribution is -2.32. The zero-order valence-corrected chi connectivity index (χ0v) is 26.7. The van der Waals surface area contributed by atoms with E-state index in [-0.39, 0.29) is 17.4 Å². The smallest absolute Gasteiger partial charge is 0.335 e. The van der Waals surface area contributed by atoms with E-state index in [9.17, 15) is 24.2 Å². The zero-order valence-electron chi connectivity index (χ0n) is 24.1. The van der Waals surface area contributed by atoms with Crippen molar-refractivity contribution >= 4 is 43.5 Å². The lowest BCUT2D eigenvalue weighted by molar-refractivity contribution is -0.0354. The molecule has 6 N–H and O–H groups in total. The van der Waals surface area contributed by atoms with Crippen LogP contribution in [0.4, 0.5) is 5.82 Å². The maximum atomic E-state index is 12.2. The van der Waals surface area contributed by atoms with E-state index in [1.54, 1.807) is 7.11 Å². The van der Waals surface area contributed by atoms with Crippen molar-refractivity contribution in [1.29, 1.82) is 0 Å². The van der Waals surface area contributed by atoms with E-state index in [2.05, 4.69) is 20.3 Å². The zero-order chi connectivity index (χ0) is 32.2. The van der Waals surface area contributed by atoms with Crippen LogP contribution in [0.3, 0.4) is 0 Å². The quantitative estimate of drug-likeness (QED) is 0.0541. The van der Waals surface area contributed by atoms with Crippen LogP contribution in [0.1, 0.15) is 12.6 Å². The van der Waals surface area contributed by atoms with Crippen molar-refractivity contribution in [3.05, 3.63) is 11.6 Å². The van der Waals surface area contributed by atoms with Crippen molar-refractivity contribution in [3.8, 4) is 0 Å². The Kier molecular flexibility index (Phi) is 15.3. The summed E-state index contributed by atoms with van der Waals surface area (Å²) in [6.45, 7) is 4.32. The number of anilines is 1. The Balaban J connectivity index is 1.43. The second kappa shape index (κ2) is 18.1. The maximum Gasteiger partial charge on any atom is 0.335 e. The van der Waals surface area contributed by atoms with Gasteiger partial charge < -0.3 is 58.6 Å². The third-order valence-corrected chi connectivity index (χ3v) is 10.6. The molecule has 21 heteroatoms. The van der Waals surface area contributed by atoms with Gasteiger partial charge in [-0.05, 0) is 18.0 Å². The minimum absolute atomic E-state index is 0.122. The molecule has 1 aliphatic heterocycles. The van der Waals surface area contributed by atoms with Gasteiger partial charge in [-0.25, -0.2) is 4.98 Å². The number of halogens is 1. The summed E-state index contributed by atoms with van der Waals surface area (Å²) in [5.74, 6) is -0.891. The van der Waals surface area contributed by atoms with Crippen LogP contribution in [0.2, 0.25) is 5.28 Å². The number of nitrogens with one attached hydrogen (secondary N) is 1. The van der Waals surface area contributed by atoms with Crippen LogP contribution in [0, 0.1) is 0 Å². The number of fused-ring (bicyclic) bond motifs is 1. The first-order valence-electron chi connectivity index (χ1n) is 13.7. The van der Waals surface area contributed by atoms with Crippen LogP contribution in [-0.4, -0.2) is 148 Å². The molecule has 5 atom stereocenters. The largest absolute Gasteiger partial charge is 0.388 e. The summed E-state index contributed by atoms with van der Waals surface area (Å²) >= 11 is 6.13. The van der Waals surface area contributed by atoms with Crippen molar-refractivity contribution in [1.82, 2.24) is 19.5 Å². The molecule has 1 fully saturated rings. The van der Waals surface area contributed by atoms with E-state index in [1.807, 2.05) is 0 Å². The predicted molar refractivity (Wildman–Crippen MR) is 156 cm³/mol. The average Bonchev–Trinajstić information content (AvgIpc) is 3.48. The van der Waals surface area contributed by atoms with Crippen molar-refractivity contribution in [2.75, 3.05) is 90.5 Å². The molecule has 5 unspecified atom stereocenters. The molecular formula is C23H40ClN5O13P2. The highest BCUT2D eigenvalue weighted by Crippen LogP contribution is 2.55. The number of aliphatic hydroxyl groups excluding tert-OH is 2. The first kappa shape index (κ1) is 37.1. The standard InChI is InChI=1S/C23H40ClN5O13P2/c1-37-5-6-39-9-10-41-12-11-40-8-7-38-4-3-25-20-17-21(28-23(24)27-20)29(14-26-17)22-19(31)18(30)16(42-22)2-13-43(32,33)15-44(34,35)36/h14,16,18-19,22,30-31H,2-13,15H2,1H3,(H,32,33)(H,25,27,28)(H2,34,35,36). The Bertz CT molecular complexity index is 1250. The van der Waals surface area contributed by atoms with E-state index in [0.29, 0.717) is 77.3 Å². The normalized spacial score (nSPS) is 22.1. The van der Waals surface area contributed by atoms with E-state index in [0.717, 1.165) is 0 Å². The second-order valence-corrected chi connectivity index (χ2v) is 14.7. The Morgan fingerprint density at radius 3 is 2.11 bits per heavy atom. The minimum Gasteiger partial charge on any atom is -0.388 e. The Morgan fingerprint density at radius 1 is 0.932 bits per heavy atom. The molecule has 252 valence electrons. The van der Waals surface area contributed by atoms with Crippen LogP contribution in [0.25, 0.3) is 11.2 Å². The number of ether oxygens (including phenoxy) is 6. The number of aliphatic hydroxyl groups is 2. The Hall–Kier alpha value is -1.34.